The number of aliphatic hydroxyl groups is 1. The van der Waals surface area contributed by atoms with Gasteiger partial charge in [-0.05, 0) is 49.0 Å². The molecule has 0 spiro atoms. The summed E-state index contributed by atoms with van der Waals surface area (Å²) >= 11 is 0. The average Bonchev–Trinajstić information content (AvgIpc) is 3.21. The van der Waals surface area contributed by atoms with Gasteiger partial charge in [0.25, 0.3) is 11.7 Å². The van der Waals surface area contributed by atoms with E-state index < -0.39 is 17.7 Å². The Kier molecular flexibility index (Phi) is 8.31. The molecule has 2 aromatic rings. The highest BCUT2D eigenvalue weighted by Gasteiger charge is 2.46. The molecule has 2 aromatic carbocycles. The summed E-state index contributed by atoms with van der Waals surface area (Å²) in [5.74, 6) is 0.376. The van der Waals surface area contributed by atoms with E-state index in [-0.39, 0.29) is 17.9 Å². The molecule has 0 radical (unpaired) electrons. The zero-order valence-corrected chi connectivity index (χ0v) is 22.4. The van der Waals surface area contributed by atoms with Gasteiger partial charge in [-0.2, -0.15) is 0 Å². The molecule has 4 rings (SSSR count). The molecule has 1 unspecified atom stereocenters. The minimum atomic E-state index is -0.882. The Morgan fingerprint density at radius 2 is 1.61 bits per heavy atom. The van der Waals surface area contributed by atoms with Crippen molar-refractivity contribution in [3.63, 3.8) is 0 Å². The molecule has 1 saturated heterocycles. The maximum absolute atomic E-state index is 13.5. The number of benzene rings is 2. The third-order valence-electron chi connectivity index (χ3n) is 6.91. The van der Waals surface area contributed by atoms with Crippen LogP contribution < -0.4 is 23.7 Å². The zero-order valence-electron chi connectivity index (χ0n) is 22.4. The Labute approximate surface area is 222 Å². The molecule has 0 bridgehead atoms. The molecule has 1 fully saturated rings. The van der Waals surface area contributed by atoms with Crippen LogP contribution in [0, 0.1) is 0 Å². The first-order chi connectivity index (χ1) is 18.4. The van der Waals surface area contributed by atoms with Gasteiger partial charge < -0.3 is 38.6 Å². The standard InChI is InChI=1S/C28H34N2O8/c1-6-29(7-2)10-11-30-24(18-15-21(34-3)27(36-5)22(16-18)35-4)23(26(32)28(30)33)25(31)17-8-9-19-20(14-17)38-13-12-37-19/h8-9,14-16,24,31H,6-7,10-13H2,1-5H3/b25-23+. The summed E-state index contributed by atoms with van der Waals surface area (Å²) in [6.07, 6.45) is 0. The number of ether oxygens (including phenoxy) is 5. The fraction of sp³-hybridized carbons (Fsp3) is 0.429. The molecule has 0 aromatic heterocycles. The topological polar surface area (TPSA) is 107 Å². The maximum Gasteiger partial charge on any atom is 0.295 e. The SMILES string of the molecule is CCN(CC)CCN1C(=O)C(=O)/C(=C(/O)c2ccc3c(c2)OCCO3)C1c1cc(OC)c(OC)c(OC)c1. The molecule has 0 saturated carbocycles. The van der Waals surface area contributed by atoms with E-state index in [9.17, 15) is 14.7 Å². The van der Waals surface area contributed by atoms with Crippen molar-refractivity contribution in [1.82, 2.24) is 9.80 Å². The highest BCUT2D eigenvalue weighted by Crippen LogP contribution is 2.46. The molecular formula is C28H34N2O8. The number of aliphatic hydroxyl groups excluding tert-OH is 1. The minimum absolute atomic E-state index is 0.0273. The number of amides is 1. The molecule has 2 heterocycles. The van der Waals surface area contributed by atoms with E-state index in [1.807, 2.05) is 13.8 Å². The van der Waals surface area contributed by atoms with Gasteiger partial charge in [0.05, 0.1) is 32.9 Å². The molecule has 10 heteroatoms. The van der Waals surface area contributed by atoms with E-state index in [1.54, 1.807) is 30.3 Å². The van der Waals surface area contributed by atoms with Gasteiger partial charge in [0.1, 0.15) is 19.0 Å². The highest BCUT2D eigenvalue weighted by atomic mass is 16.6. The van der Waals surface area contributed by atoms with Crippen LogP contribution in [0.15, 0.2) is 35.9 Å². The Balaban J connectivity index is 1.88. The van der Waals surface area contributed by atoms with Gasteiger partial charge in [-0.15, -0.1) is 0 Å². The molecule has 0 aliphatic carbocycles. The fourth-order valence-corrected chi connectivity index (χ4v) is 4.85. The number of methoxy groups -OCH3 is 3. The number of likely N-dealkylation sites (tertiary alicyclic amines) is 1. The molecule has 1 amide bonds. The number of Topliss-reactive ketones (excluding diaryl/α,β-unsaturated/α-hetero) is 1. The van der Waals surface area contributed by atoms with Crippen LogP contribution in [0.2, 0.25) is 0 Å². The average molecular weight is 527 g/mol. The van der Waals surface area contributed by atoms with E-state index in [4.69, 9.17) is 23.7 Å². The van der Waals surface area contributed by atoms with Gasteiger partial charge in [0.2, 0.25) is 5.75 Å². The van der Waals surface area contributed by atoms with E-state index >= 15 is 0 Å². The molecule has 1 atom stereocenters. The van der Waals surface area contributed by atoms with Crippen LogP contribution in [0.3, 0.4) is 0 Å². The highest BCUT2D eigenvalue weighted by molar-refractivity contribution is 6.46. The number of carbonyl (C=O) groups is 2. The lowest BCUT2D eigenvalue weighted by atomic mass is 9.94. The number of likely N-dealkylation sites (N-methyl/N-ethyl adjacent to an activating group) is 1. The molecule has 204 valence electrons. The van der Waals surface area contributed by atoms with Crippen LogP contribution in [-0.4, -0.2) is 87.3 Å². The second-order valence-corrected chi connectivity index (χ2v) is 8.84. The summed E-state index contributed by atoms with van der Waals surface area (Å²) in [6.45, 7) is 7.32. The van der Waals surface area contributed by atoms with Crippen molar-refractivity contribution in [3.8, 4) is 28.7 Å². The van der Waals surface area contributed by atoms with Crippen molar-refractivity contribution in [3.05, 3.63) is 47.0 Å². The van der Waals surface area contributed by atoms with Crippen molar-refractivity contribution in [1.29, 1.82) is 0 Å². The summed E-state index contributed by atoms with van der Waals surface area (Å²) in [4.78, 5) is 30.5. The Morgan fingerprint density at radius 3 is 2.18 bits per heavy atom. The second-order valence-electron chi connectivity index (χ2n) is 8.84. The molecule has 38 heavy (non-hydrogen) atoms. The van der Waals surface area contributed by atoms with Crippen LogP contribution in [0.4, 0.5) is 0 Å². The first-order valence-corrected chi connectivity index (χ1v) is 12.6. The van der Waals surface area contributed by atoms with Crippen molar-refractivity contribution in [2.24, 2.45) is 0 Å². The summed E-state index contributed by atoms with van der Waals surface area (Å²) < 4.78 is 27.8. The fourth-order valence-electron chi connectivity index (χ4n) is 4.85. The van der Waals surface area contributed by atoms with Gasteiger partial charge >= 0.3 is 0 Å². The number of fused-ring (bicyclic) bond motifs is 1. The van der Waals surface area contributed by atoms with Crippen LogP contribution >= 0.6 is 0 Å². The Bertz CT molecular complexity index is 1210. The molecule has 1 N–H and O–H groups in total. The number of hydrogen-bond donors (Lipinski definition) is 1. The quantitative estimate of drug-likeness (QED) is 0.284. The lowest BCUT2D eigenvalue weighted by molar-refractivity contribution is -0.140. The smallest absolute Gasteiger partial charge is 0.295 e. The number of hydrogen-bond acceptors (Lipinski definition) is 9. The van der Waals surface area contributed by atoms with Crippen molar-refractivity contribution >= 4 is 17.4 Å². The molecule has 10 nitrogen and oxygen atoms in total. The summed E-state index contributed by atoms with van der Waals surface area (Å²) in [7, 11) is 4.49. The number of ketones is 1. The van der Waals surface area contributed by atoms with Crippen molar-refractivity contribution in [2.75, 3.05) is 60.7 Å². The minimum Gasteiger partial charge on any atom is -0.507 e. The van der Waals surface area contributed by atoms with E-state index in [0.717, 1.165) is 13.1 Å². The number of rotatable bonds is 10. The monoisotopic (exact) mass is 526 g/mol. The largest absolute Gasteiger partial charge is 0.507 e. The van der Waals surface area contributed by atoms with Gasteiger partial charge in [0, 0.05) is 18.7 Å². The van der Waals surface area contributed by atoms with Crippen LogP contribution in [0.1, 0.15) is 31.0 Å². The molecule has 2 aliphatic heterocycles. The number of nitrogens with zero attached hydrogens (tertiary/aromatic N) is 2. The first kappa shape index (κ1) is 27.1. The normalized spacial score (nSPS) is 18.2. The zero-order chi connectivity index (χ0) is 27.4. The van der Waals surface area contributed by atoms with Crippen LogP contribution in [-0.2, 0) is 9.59 Å². The number of carbonyl (C=O) groups excluding carboxylic acids is 2. The predicted octanol–water partition coefficient (Wildman–Crippen LogP) is 3.25. The van der Waals surface area contributed by atoms with E-state index in [0.29, 0.717) is 59.6 Å². The summed E-state index contributed by atoms with van der Waals surface area (Å²) in [6, 6.07) is 7.43. The van der Waals surface area contributed by atoms with E-state index in [2.05, 4.69) is 4.90 Å². The summed E-state index contributed by atoms with van der Waals surface area (Å²) in [5, 5.41) is 11.5. The lowest BCUT2D eigenvalue weighted by Gasteiger charge is -2.29. The van der Waals surface area contributed by atoms with Crippen LogP contribution in [0.25, 0.3) is 5.76 Å². The molecule has 2 aliphatic rings. The second kappa shape index (κ2) is 11.6. The van der Waals surface area contributed by atoms with Gasteiger partial charge in [-0.1, -0.05) is 13.8 Å². The third kappa shape index (κ3) is 4.96. The Hall–Kier alpha value is -3.92. The van der Waals surface area contributed by atoms with Gasteiger partial charge in [-0.3, -0.25) is 9.59 Å². The predicted molar refractivity (Wildman–Crippen MR) is 140 cm³/mol. The van der Waals surface area contributed by atoms with Gasteiger partial charge in [-0.25, -0.2) is 0 Å². The maximum atomic E-state index is 13.5. The lowest BCUT2D eigenvalue weighted by Crippen LogP contribution is -2.38. The van der Waals surface area contributed by atoms with Gasteiger partial charge in [0.15, 0.2) is 23.0 Å². The summed E-state index contributed by atoms with van der Waals surface area (Å²) in [5.41, 5.74) is 0.853. The third-order valence-corrected chi connectivity index (χ3v) is 6.91. The van der Waals surface area contributed by atoms with Crippen LogP contribution in [0.5, 0.6) is 28.7 Å². The first-order valence-electron chi connectivity index (χ1n) is 12.6. The van der Waals surface area contributed by atoms with Crippen molar-refractivity contribution in [2.45, 2.75) is 19.9 Å². The molecular weight excluding hydrogens is 492 g/mol. The van der Waals surface area contributed by atoms with E-state index in [1.165, 1.54) is 26.2 Å². The van der Waals surface area contributed by atoms with Crippen molar-refractivity contribution < 1.29 is 38.4 Å². The Morgan fingerprint density at radius 1 is 0.974 bits per heavy atom.